The number of hydrogen-bond donors (Lipinski definition) is 1. The fourth-order valence-electron chi connectivity index (χ4n) is 2.34. The quantitative estimate of drug-likeness (QED) is 0.559. The van der Waals surface area contributed by atoms with Crippen LogP contribution in [-0.2, 0) is 0 Å². The molecule has 0 saturated heterocycles. The molecule has 0 unspecified atom stereocenters. The van der Waals surface area contributed by atoms with Gasteiger partial charge in [-0.25, -0.2) is 0 Å². The molecule has 3 heteroatoms. The van der Waals surface area contributed by atoms with Crippen molar-refractivity contribution >= 4 is 11.6 Å². The lowest BCUT2D eigenvalue weighted by atomic mass is 9.83. The molecule has 0 bridgehead atoms. The van der Waals surface area contributed by atoms with E-state index in [1.165, 1.54) is 38.5 Å². The molecule has 2 nitrogen and oxygen atoms in total. The van der Waals surface area contributed by atoms with Crippen molar-refractivity contribution in [3.05, 3.63) is 0 Å². The summed E-state index contributed by atoms with van der Waals surface area (Å²) in [6.45, 7) is 2.26. The monoisotopic (exact) mass is 232 g/mol. The van der Waals surface area contributed by atoms with Crippen molar-refractivity contribution in [2.45, 2.75) is 44.1 Å². The lowest BCUT2D eigenvalue weighted by Crippen LogP contribution is -2.49. The highest BCUT2D eigenvalue weighted by atomic mass is 35.5. The minimum atomic E-state index is 0.256. The molecule has 0 aromatic carbocycles. The lowest BCUT2D eigenvalue weighted by Gasteiger charge is -2.36. The standard InChI is InChI=1S/C12H25ClN2/c1-15(2)10-6-9-14-12(11-13)7-4-3-5-8-12/h14H,3-11H2,1-2H3. The Morgan fingerprint density at radius 2 is 1.87 bits per heavy atom. The first-order valence-corrected chi connectivity index (χ1v) is 6.68. The van der Waals surface area contributed by atoms with Crippen molar-refractivity contribution in [3.8, 4) is 0 Å². The molecular formula is C12H25ClN2. The average molecular weight is 233 g/mol. The summed E-state index contributed by atoms with van der Waals surface area (Å²) < 4.78 is 0. The molecule has 0 amide bonds. The second-order valence-electron chi connectivity index (χ2n) is 5.06. The van der Waals surface area contributed by atoms with E-state index in [0.717, 1.165) is 19.0 Å². The van der Waals surface area contributed by atoms with Crippen LogP contribution in [0, 0.1) is 0 Å². The molecule has 1 N–H and O–H groups in total. The Bertz CT molecular complexity index is 165. The van der Waals surface area contributed by atoms with Crippen molar-refractivity contribution in [1.82, 2.24) is 10.2 Å². The first-order valence-electron chi connectivity index (χ1n) is 6.14. The van der Waals surface area contributed by atoms with Crippen LogP contribution in [0.15, 0.2) is 0 Å². The van der Waals surface area contributed by atoms with Gasteiger partial charge < -0.3 is 10.2 Å². The lowest BCUT2D eigenvalue weighted by molar-refractivity contribution is 0.253. The van der Waals surface area contributed by atoms with Crippen molar-refractivity contribution in [2.75, 3.05) is 33.1 Å². The highest BCUT2D eigenvalue weighted by Crippen LogP contribution is 2.29. The van der Waals surface area contributed by atoms with E-state index in [4.69, 9.17) is 11.6 Å². The van der Waals surface area contributed by atoms with E-state index in [2.05, 4.69) is 24.3 Å². The number of hydrogen-bond acceptors (Lipinski definition) is 2. The molecule has 1 fully saturated rings. The molecule has 1 aliphatic carbocycles. The third-order valence-corrected chi connectivity index (χ3v) is 3.86. The summed E-state index contributed by atoms with van der Waals surface area (Å²) in [5, 5.41) is 3.68. The summed E-state index contributed by atoms with van der Waals surface area (Å²) in [6, 6.07) is 0. The second-order valence-corrected chi connectivity index (χ2v) is 5.33. The molecule has 0 atom stereocenters. The third kappa shape index (κ3) is 4.71. The normalized spacial score (nSPS) is 20.8. The summed E-state index contributed by atoms with van der Waals surface area (Å²) in [7, 11) is 4.25. The first-order chi connectivity index (χ1) is 7.18. The fraction of sp³-hybridized carbons (Fsp3) is 1.00. The van der Waals surface area contributed by atoms with E-state index in [1.54, 1.807) is 0 Å². The Kier molecular flexibility index (Phi) is 5.95. The molecule has 0 aromatic heterocycles. The molecule has 0 spiro atoms. The van der Waals surface area contributed by atoms with Gasteiger partial charge in [0.15, 0.2) is 0 Å². The van der Waals surface area contributed by atoms with E-state index in [0.29, 0.717) is 0 Å². The maximum Gasteiger partial charge on any atom is 0.0406 e. The number of nitrogens with one attached hydrogen (secondary N) is 1. The topological polar surface area (TPSA) is 15.3 Å². The van der Waals surface area contributed by atoms with Crippen LogP contribution in [0.1, 0.15) is 38.5 Å². The zero-order valence-corrected chi connectivity index (χ0v) is 10.9. The number of halogens is 1. The molecule has 0 aliphatic heterocycles. The Hall–Kier alpha value is 0.210. The zero-order valence-electron chi connectivity index (χ0n) is 10.2. The first kappa shape index (κ1) is 13.3. The largest absolute Gasteiger partial charge is 0.310 e. The van der Waals surface area contributed by atoms with Crippen LogP contribution in [0.5, 0.6) is 0 Å². The highest BCUT2D eigenvalue weighted by molar-refractivity contribution is 6.18. The van der Waals surface area contributed by atoms with E-state index in [-0.39, 0.29) is 5.54 Å². The molecule has 1 rings (SSSR count). The van der Waals surface area contributed by atoms with Gasteiger partial charge in [-0.2, -0.15) is 0 Å². The Morgan fingerprint density at radius 1 is 1.20 bits per heavy atom. The number of alkyl halides is 1. The maximum absolute atomic E-state index is 6.11. The molecular weight excluding hydrogens is 208 g/mol. The Morgan fingerprint density at radius 3 is 2.40 bits per heavy atom. The van der Waals surface area contributed by atoms with Crippen molar-refractivity contribution in [3.63, 3.8) is 0 Å². The Balaban J connectivity index is 2.20. The molecule has 0 radical (unpaired) electrons. The van der Waals surface area contributed by atoms with Gasteiger partial charge in [0.2, 0.25) is 0 Å². The van der Waals surface area contributed by atoms with Gasteiger partial charge in [-0.05, 0) is 46.4 Å². The van der Waals surface area contributed by atoms with Gasteiger partial charge >= 0.3 is 0 Å². The molecule has 1 saturated carbocycles. The SMILES string of the molecule is CN(C)CCCNC1(CCl)CCCCC1. The van der Waals surface area contributed by atoms with E-state index < -0.39 is 0 Å². The van der Waals surface area contributed by atoms with Gasteiger partial charge in [0, 0.05) is 11.4 Å². The Labute approximate surface area is 99.4 Å². The summed E-state index contributed by atoms with van der Waals surface area (Å²) in [4.78, 5) is 2.23. The molecule has 1 aliphatic rings. The summed E-state index contributed by atoms with van der Waals surface area (Å²) in [5.74, 6) is 0.773. The fourth-order valence-corrected chi connectivity index (χ4v) is 2.70. The molecule has 15 heavy (non-hydrogen) atoms. The van der Waals surface area contributed by atoms with Crippen LogP contribution in [-0.4, -0.2) is 43.5 Å². The van der Waals surface area contributed by atoms with Crippen molar-refractivity contribution < 1.29 is 0 Å². The zero-order chi connectivity index (χ0) is 11.1. The minimum absolute atomic E-state index is 0.256. The molecule has 0 aromatic rings. The van der Waals surface area contributed by atoms with Gasteiger partial charge in [0.05, 0.1) is 0 Å². The summed E-state index contributed by atoms with van der Waals surface area (Å²) in [5.41, 5.74) is 0.256. The van der Waals surface area contributed by atoms with E-state index in [9.17, 15) is 0 Å². The van der Waals surface area contributed by atoms with Crippen LogP contribution in [0.25, 0.3) is 0 Å². The van der Waals surface area contributed by atoms with Gasteiger partial charge in [-0.1, -0.05) is 19.3 Å². The van der Waals surface area contributed by atoms with Crippen LogP contribution in [0.4, 0.5) is 0 Å². The van der Waals surface area contributed by atoms with Crippen LogP contribution >= 0.6 is 11.6 Å². The van der Waals surface area contributed by atoms with Gasteiger partial charge in [-0.15, -0.1) is 11.6 Å². The number of nitrogens with zero attached hydrogens (tertiary/aromatic N) is 1. The third-order valence-electron chi connectivity index (χ3n) is 3.35. The van der Waals surface area contributed by atoms with Crippen LogP contribution < -0.4 is 5.32 Å². The second kappa shape index (κ2) is 6.72. The minimum Gasteiger partial charge on any atom is -0.310 e. The van der Waals surface area contributed by atoms with E-state index >= 15 is 0 Å². The maximum atomic E-state index is 6.11. The van der Waals surface area contributed by atoms with Gasteiger partial charge in [0.1, 0.15) is 0 Å². The smallest absolute Gasteiger partial charge is 0.0406 e. The predicted octanol–water partition coefficient (Wildman–Crippen LogP) is 2.47. The predicted molar refractivity (Wildman–Crippen MR) is 67.7 cm³/mol. The summed E-state index contributed by atoms with van der Waals surface area (Å²) >= 11 is 6.11. The average Bonchev–Trinajstić information content (AvgIpc) is 2.26. The van der Waals surface area contributed by atoms with Crippen molar-refractivity contribution in [2.24, 2.45) is 0 Å². The van der Waals surface area contributed by atoms with Crippen molar-refractivity contribution in [1.29, 1.82) is 0 Å². The highest BCUT2D eigenvalue weighted by Gasteiger charge is 2.29. The van der Waals surface area contributed by atoms with Crippen LogP contribution in [0.3, 0.4) is 0 Å². The van der Waals surface area contributed by atoms with Gasteiger partial charge in [0.25, 0.3) is 0 Å². The van der Waals surface area contributed by atoms with Gasteiger partial charge in [-0.3, -0.25) is 0 Å². The summed E-state index contributed by atoms with van der Waals surface area (Å²) in [6.07, 6.45) is 7.81. The molecule has 0 heterocycles. The van der Waals surface area contributed by atoms with E-state index in [1.807, 2.05) is 0 Å². The molecule has 90 valence electrons. The van der Waals surface area contributed by atoms with Crippen LogP contribution in [0.2, 0.25) is 0 Å². The number of rotatable bonds is 6.